The summed E-state index contributed by atoms with van der Waals surface area (Å²) in [6, 6.07) is 9.24. The van der Waals surface area contributed by atoms with Crippen molar-refractivity contribution in [2.45, 2.75) is 57.0 Å². The summed E-state index contributed by atoms with van der Waals surface area (Å²) in [4.78, 5) is 43.3. The van der Waals surface area contributed by atoms with Crippen LogP contribution in [0.5, 0.6) is 0 Å². The normalized spacial score (nSPS) is 25.5. The molecule has 4 rings (SSSR count). The Morgan fingerprint density at radius 2 is 1.92 bits per heavy atom. The van der Waals surface area contributed by atoms with Crippen LogP contribution in [0.4, 0.5) is 0 Å². The number of amides is 2. The molecule has 5 atom stereocenters. The van der Waals surface area contributed by atoms with Crippen molar-refractivity contribution in [3.8, 4) is 11.4 Å². The van der Waals surface area contributed by atoms with Gasteiger partial charge in [-0.25, -0.2) is 4.79 Å². The van der Waals surface area contributed by atoms with Gasteiger partial charge in [-0.1, -0.05) is 42.5 Å². The predicted molar refractivity (Wildman–Crippen MR) is 146 cm³/mol. The minimum Gasteiger partial charge on any atom is -0.464 e. The lowest BCUT2D eigenvalue weighted by Crippen LogP contribution is -2.50. The van der Waals surface area contributed by atoms with Gasteiger partial charge >= 0.3 is 5.97 Å². The molecule has 0 radical (unpaired) electrons. The van der Waals surface area contributed by atoms with Crippen LogP contribution in [-0.2, 0) is 19.1 Å². The molecule has 2 amide bonds. The summed E-state index contributed by atoms with van der Waals surface area (Å²) in [7, 11) is 1.77. The molecular formula is C29H38N6O4. The average molecular weight is 535 g/mol. The van der Waals surface area contributed by atoms with Gasteiger partial charge in [0.25, 0.3) is 0 Å². The van der Waals surface area contributed by atoms with Gasteiger partial charge in [0.05, 0.1) is 24.5 Å². The molecule has 2 aliphatic rings. The molecule has 39 heavy (non-hydrogen) atoms. The van der Waals surface area contributed by atoms with Gasteiger partial charge in [-0.15, -0.1) is 23.4 Å². The molecule has 1 N–H and O–H groups in total. The fourth-order valence-corrected chi connectivity index (χ4v) is 5.45. The summed E-state index contributed by atoms with van der Waals surface area (Å²) in [6.07, 6.45) is 7.40. The molecule has 1 aromatic carbocycles. The SMILES string of the molecule is C=CCCCCN(C)C(=O)[C@@H]1C[C@H](n2nnc(-c3ccccc3)n2)C[C@H]1C(=O)N[C@]1(C(=O)OCC)C[C@H]1C=C. The number of benzene rings is 1. The van der Waals surface area contributed by atoms with Crippen LogP contribution in [0.1, 0.15) is 51.5 Å². The van der Waals surface area contributed by atoms with Crippen LogP contribution in [0.25, 0.3) is 11.4 Å². The Hall–Kier alpha value is -3.82. The highest BCUT2D eigenvalue weighted by atomic mass is 16.5. The standard InChI is InChI=1S/C29H38N6O4/c1-5-8-9-13-16-34(4)27(37)24-18-22(35-32-25(31-33-35)20-14-11-10-12-15-20)17-23(24)26(36)30-29(19-21(29)6-2)28(38)39-7-3/h5-6,10-12,14-15,21-24H,1-2,7-9,13,16-19H2,3-4H3,(H,30,36)/t21-,22-,23-,24-,29-/m1/s1. The van der Waals surface area contributed by atoms with Crippen molar-refractivity contribution in [2.24, 2.45) is 17.8 Å². The summed E-state index contributed by atoms with van der Waals surface area (Å²) < 4.78 is 5.26. The topological polar surface area (TPSA) is 119 Å². The maximum absolute atomic E-state index is 13.7. The van der Waals surface area contributed by atoms with Crippen molar-refractivity contribution in [2.75, 3.05) is 20.2 Å². The highest BCUT2D eigenvalue weighted by Crippen LogP contribution is 2.47. The van der Waals surface area contributed by atoms with Gasteiger partial charge in [-0.3, -0.25) is 9.59 Å². The van der Waals surface area contributed by atoms with E-state index in [1.165, 1.54) is 4.80 Å². The molecule has 0 saturated heterocycles. The Bertz CT molecular complexity index is 1200. The van der Waals surface area contributed by atoms with E-state index < -0.39 is 23.3 Å². The average Bonchev–Trinajstić information content (AvgIpc) is 3.26. The highest BCUT2D eigenvalue weighted by Gasteiger charge is 2.62. The molecular weight excluding hydrogens is 496 g/mol. The zero-order valence-corrected chi connectivity index (χ0v) is 22.8. The lowest BCUT2D eigenvalue weighted by atomic mass is 9.93. The van der Waals surface area contributed by atoms with Crippen molar-refractivity contribution in [1.82, 2.24) is 30.4 Å². The number of ether oxygens (including phenoxy) is 1. The molecule has 2 fully saturated rings. The summed E-state index contributed by atoms with van der Waals surface area (Å²) >= 11 is 0. The number of hydrogen-bond donors (Lipinski definition) is 1. The molecule has 0 aliphatic heterocycles. The largest absolute Gasteiger partial charge is 0.464 e. The van der Waals surface area contributed by atoms with Crippen LogP contribution in [0.2, 0.25) is 0 Å². The molecule has 10 heteroatoms. The first-order valence-corrected chi connectivity index (χ1v) is 13.7. The van der Waals surface area contributed by atoms with Crippen molar-refractivity contribution in [3.63, 3.8) is 0 Å². The number of rotatable bonds is 13. The maximum Gasteiger partial charge on any atom is 0.332 e. The molecule has 2 aliphatic carbocycles. The number of nitrogens with one attached hydrogen (secondary N) is 1. The molecule has 1 heterocycles. The molecule has 0 spiro atoms. The molecule has 0 unspecified atom stereocenters. The second-order valence-corrected chi connectivity index (χ2v) is 10.4. The van der Waals surface area contributed by atoms with E-state index in [0.29, 0.717) is 31.6 Å². The fraction of sp³-hybridized carbons (Fsp3) is 0.517. The van der Waals surface area contributed by atoms with Crippen LogP contribution in [0.3, 0.4) is 0 Å². The van der Waals surface area contributed by atoms with Crippen LogP contribution < -0.4 is 5.32 Å². The van der Waals surface area contributed by atoms with E-state index >= 15 is 0 Å². The van der Waals surface area contributed by atoms with Gasteiger partial charge in [-0.2, -0.15) is 4.80 Å². The first-order chi connectivity index (χ1) is 18.8. The Labute approximate surface area is 229 Å². The number of aromatic nitrogens is 4. The minimum atomic E-state index is -1.12. The summed E-state index contributed by atoms with van der Waals surface area (Å²) in [5.74, 6) is -1.85. The first-order valence-electron chi connectivity index (χ1n) is 13.7. The van der Waals surface area contributed by atoms with Gasteiger partial charge < -0.3 is 15.0 Å². The van der Waals surface area contributed by atoms with E-state index in [1.54, 1.807) is 24.9 Å². The van der Waals surface area contributed by atoms with Crippen molar-refractivity contribution < 1.29 is 19.1 Å². The van der Waals surface area contributed by atoms with E-state index in [-0.39, 0.29) is 30.4 Å². The van der Waals surface area contributed by atoms with E-state index in [2.05, 4.69) is 33.9 Å². The number of carbonyl (C=O) groups is 3. The Balaban J connectivity index is 1.54. The lowest BCUT2D eigenvalue weighted by molar-refractivity contribution is -0.150. The Morgan fingerprint density at radius 1 is 1.18 bits per heavy atom. The number of tetrazole rings is 1. The molecule has 1 aromatic heterocycles. The van der Waals surface area contributed by atoms with E-state index in [1.807, 2.05) is 36.4 Å². The smallest absolute Gasteiger partial charge is 0.332 e. The number of nitrogens with zero attached hydrogens (tertiary/aromatic N) is 5. The lowest BCUT2D eigenvalue weighted by Gasteiger charge is -2.26. The van der Waals surface area contributed by atoms with Gasteiger partial charge in [-0.05, 0) is 50.7 Å². The van der Waals surface area contributed by atoms with Crippen LogP contribution in [0.15, 0.2) is 55.6 Å². The van der Waals surface area contributed by atoms with Crippen LogP contribution >= 0.6 is 0 Å². The van der Waals surface area contributed by atoms with Crippen molar-refractivity contribution in [3.05, 3.63) is 55.6 Å². The number of allylic oxidation sites excluding steroid dienone is 1. The highest BCUT2D eigenvalue weighted by molar-refractivity contribution is 5.95. The summed E-state index contributed by atoms with van der Waals surface area (Å²) in [6.45, 7) is 10.1. The number of carbonyl (C=O) groups excluding carboxylic acids is 3. The third kappa shape index (κ3) is 6.10. The molecule has 2 aromatic rings. The molecule has 208 valence electrons. The van der Waals surface area contributed by atoms with Gasteiger partial charge in [0.1, 0.15) is 5.54 Å². The zero-order chi connectivity index (χ0) is 28.0. The minimum absolute atomic E-state index is 0.0964. The number of esters is 1. The van der Waals surface area contributed by atoms with Crippen LogP contribution in [-0.4, -0.2) is 68.6 Å². The van der Waals surface area contributed by atoms with Crippen molar-refractivity contribution >= 4 is 17.8 Å². The van der Waals surface area contributed by atoms with Crippen LogP contribution in [0, 0.1) is 17.8 Å². The number of unbranched alkanes of at least 4 members (excludes halogenated alkanes) is 2. The zero-order valence-electron chi connectivity index (χ0n) is 22.8. The summed E-state index contributed by atoms with van der Waals surface area (Å²) in [5, 5.41) is 16.0. The Morgan fingerprint density at radius 3 is 2.59 bits per heavy atom. The monoisotopic (exact) mass is 534 g/mol. The third-order valence-electron chi connectivity index (χ3n) is 7.79. The third-order valence-corrected chi connectivity index (χ3v) is 7.79. The quantitative estimate of drug-likeness (QED) is 0.238. The first kappa shape index (κ1) is 28.2. The molecule has 0 bridgehead atoms. The molecule has 10 nitrogen and oxygen atoms in total. The second kappa shape index (κ2) is 12.4. The van der Waals surface area contributed by atoms with Gasteiger partial charge in [0.15, 0.2) is 0 Å². The number of hydrogen-bond acceptors (Lipinski definition) is 7. The Kier molecular flexibility index (Phi) is 8.93. The predicted octanol–water partition coefficient (Wildman–Crippen LogP) is 3.35. The van der Waals surface area contributed by atoms with E-state index in [4.69, 9.17) is 4.74 Å². The fourth-order valence-electron chi connectivity index (χ4n) is 5.45. The van der Waals surface area contributed by atoms with Gasteiger partial charge in [0, 0.05) is 25.1 Å². The van der Waals surface area contributed by atoms with Gasteiger partial charge in [0.2, 0.25) is 17.6 Å². The van der Waals surface area contributed by atoms with Crippen molar-refractivity contribution in [1.29, 1.82) is 0 Å². The van der Waals surface area contributed by atoms with E-state index in [9.17, 15) is 14.4 Å². The summed E-state index contributed by atoms with van der Waals surface area (Å²) in [5.41, 5.74) is -0.285. The van der Waals surface area contributed by atoms with E-state index in [0.717, 1.165) is 24.8 Å². The molecule has 2 saturated carbocycles. The maximum atomic E-state index is 13.7. The second-order valence-electron chi connectivity index (χ2n) is 10.4.